The molecular weight excluding hydrogens is 516 g/mol. The van der Waals surface area contributed by atoms with Crippen molar-refractivity contribution >= 4 is 27.6 Å². The zero-order chi connectivity index (χ0) is 27.3. The lowest BCUT2D eigenvalue weighted by atomic mass is 9.88. The third-order valence-electron chi connectivity index (χ3n) is 6.52. The minimum Gasteiger partial charge on any atom is -0.475 e. The Morgan fingerprint density at radius 1 is 0.973 bits per heavy atom. The largest absolute Gasteiger partial charge is 0.490 e. The van der Waals surface area contributed by atoms with E-state index in [0.29, 0.717) is 11.6 Å². The fourth-order valence-electron chi connectivity index (χ4n) is 4.30. The molecular formula is C25H28F4N2O5S. The van der Waals surface area contributed by atoms with Gasteiger partial charge in [-0.15, -0.1) is 0 Å². The number of carbonyl (C=O) groups excluding carboxylic acids is 1. The number of halogens is 4. The minimum atomic E-state index is -5.08. The fourth-order valence-corrected chi connectivity index (χ4v) is 5.44. The summed E-state index contributed by atoms with van der Waals surface area (Å²) >= 11 is 0. The molecule has 2 aliphatic rings. The first kappa shape index (κ1) is 28.4. The second kappa shape index (κ2) is 11.5. The van der Waals surface area contributed by atoms with E-state index in [1.165, 1.54) is 50.3 Å². The predicted octanol–water partition coefficient (Wildman–Crippen LogP) is 4.99. The highest BCUT2D eigenvalue weighted by Crippen LogP contribution is 2.48. The average molecular weight is 545 g/mol. The van der Waals surface area contributed by atoms with Crippen molar-refractivity contribution in [1.82, 2.24) is 5.32 Å². The van der Waals surface area contributed by atoms with Crippen molar-refractivity contribution in [2.45, 2.75) is 61.4 Å². The van der Waals surface area contributed by atoms with Crippen LogP contribution in [0.4, 0.5) is 23.2 Å². The number of nitrogens with one attached hydrogen (secondary N) is 2. The number of carboxylic acid groups (broad SMARTS) is 1. The maximum atomic E-state index is 13.8. The van der Waals surface area contributed by atoms with Crippen LogP contribution in [0.2, 0.25) is 0 Å². The molecule has 1 amide bonds. The molecule has 7 nitrogen and oxygen atoms in total. The molecule has 0 unspecified atom stereocenters. The number of rotatable bonds is 7. The smallest absolute Gasteiger partial charge is 0.475 e. The van der Waals surface area contributed by atoms with Gasteiger partial charge in [0.2, 0.25) is 5.91 Å². The molecule has 2 saturated carbocycles. The number of carboxylic acids is 1. The van der Waals surface area contributed by atoms with Gasteiger partial charge in [0.25, 0.3) is 10.0 Å². The normalized spacial score (nSPS) is 17.2. The van der Waals surface area contributed by atoms with E-state index < -0.39 is 38.3 Å². The number of amides is 1. The van der Waals surface area contributed by atoms with E-state index in [2.05, 4.69) is 10.0 Å². The SMILES string of the molecule is O=C(NCC1CCCCC1)C1(c2ccc(NS(=O)(=O)c3ccccc3F)cc2)CC1.O=C(O)C(F)(F)F. The first-order chi connectivity index (χ1) is 17.3. The molecule has 2 aromatic carbocycles. The Balaban J connectivity index is 0.000000479. The highest BCUT2D eigenvalue weighted by atomic mass is 32.2. The number of carbonyl (C=O) groups is 2. The topological polar surface area (TPSA) is 113 Å². The number of anilines is 1. The quantitative estimate of drug-likeness (QED) is 0.426. The Kier molecular flexibility index (Phi) is 8.83. The molecule has 2 aliphatic carbocycles. The van der Waals surface area contributed by atoms with Gasteiger partial charge in [0.1, 0.15) is 10.7 Å². The fraction of sp³-hybridized carbons (Fsp3) is 0.440. The molecule has 2 aromatic rings. The lowest BCUT2D eigenvalue weighted by Crippen LogP contribution is -2.38. The summed E-state index contributed by atoms with van der Waals surface area (Å²) in [5.74, 6) is -2.91. The summed E-state index contributed by atoms with van der Waals surface area (Å²) in [4.78, 5) is 21.3. The summed E-state index contributed by atoms with van der Waals surface area (Å²) in [7, 11) is -4.02. The van der Waals surface area contributed by atoms with Crippen molar-refractivity contribution in [2.75, 3.05) is 11.3 Å². The first-order valence-electron chi connectivity index (χ1n) is 11.8. The summed E-state index contributed by atoms with van der Waals surface area (Å²) in [5.41, 5.74) is 0.718. The molecule has 0 aromatic heterocycles. The van der Waals surface area contributed by atoms with Crippen molar-refractivity contribution in [3.8, 4) is 0 Å². The van der Waals surface area contributed by atoms with Crippen LogP contribution in [0.3, 0.4) is 0 Å². The van der Waals surface area contributed by atoms with E-state index >= 15 is 0 Å². The lowest BCUT2D eigenvalue weighted by molar-refractivity contribution is -0.192. The summed E-state index contributed by atoms with van der Waals surface area (Å²) in [6.07, 6.45) is 2.66. The van der Waals surface area contributed by atoms with Crippen molar-refractivity contribution in [1.29, 1.82) is 0 Å². The van der Waals surface area contributed by atoms with E-state index in [1.807, 2.05) is 0 Å². The van der Waals surface area contributed by atoms with E-state index in [0.717, 1.165) is 31.0 Å². The van der Waals surface area contributed by atoms with E-state index in [9.17, 15) is 30.8 Å². The van der Waals surface area contributed by atoms with E-state index in [1.54, 1.807) is 24.3 Å². The molecule has 0 bridgehead atoms. The molecule has 202 valence electrons. The summed E-state index contributed by atoms with van der Waals surface area (Å²) < 4.78 is 72.9. The van der Waals surface area contributed by atoms with E-state index in [4.69, 9.17) is 9.90 Å². The number of hydrogen-bond donors (Lipinski definition) is 3. The monoisotopic (exact) mass is 544 g/mol. The molecule has 0 aliphatic heterocycles. The Morgan fingerprint density at radius 3 is 2.05 bits per heavy atom. The maximum Gasteiger partial charge on any atom is 0.490 e. The van der Waals surface area contributed by atoms with Crippen molar-refractivity contribution in [2.24, 2.45) is 5.92 Å². The number of sulfonamides is 1. The molecule has 0 saturated heterocycles. The van der Waals surface area contributed by atoms with Gasteiger partial charge in [-0.3, -0.25) is 9.52 Å². The van der Waals surface area contributed by atoms with Crippen LogP contribution >= 0.6 is 0 Å². The van der Waals surface area contributed by atoms with Crippen LogP contribution in [-0.2, 0) is 25.0 Å². The molecule has 0 atom stereocenters. The maximum absolute atomic E-state index is 13.8. The molecule has 2 fully saturated rings. The highest BCUT2D eigenvalue weighted by Gasteiger charge is 2.51. The van der Waals surface area contributed by atoms with Crippen LogP contribution in [-0.4, -0.2) is 38.1 Å². The van der Waals surface area contributed by atoms with Gasteiger partial charge in [0.05, 0.1) is 5.41 Å². The van der Waals surface area contributed by atoms with Crippen LogP contribution in [0.5, 0.6) is 0 Å². The zero-order valence-corrected chi connectivity index (χ0v) is 20.7. The Bertz CT molecular complexity index is 1210. The van der Waals surface area contributed by atoms with Crippen LogP contribution in [0.15, 0.2) is 53.4 Å². The third-order valence-corrected chi connectivity index (χ3v) is 7.93. The molecule has 3 N–H and O–H groups in total. The number of alkyl halides is 3. The van der Waals surface area contributed by atoms with Gasteiger partial charge >= 0.3 is 12.1 Å². The molecule has 0 spiro atoms. The van der Waals surface area contributed by atoms with Gasteiger partial charge in [0, 0.05) is 12.2 Å². The second-order valence-electron chi connectivity index (χ2n) is 9.21. The van der Waals surface area contributed by atoms with E-state index in [-0.39, 0.29) is 5.91 Å². The standard InChI is InChI=1S/C23H27FN2O3S.C2HF3O2/c24-20-8-4-5-9-21(20)30(28,29)26-19-12-10-18(11-13-19)23(14-15-23)22(27)25-16-17-6-2-1-3-7-17;3-2(4,5)1(6)7/h4-5,8-13,17,26H,1-3,6-7,14-16H2,(H,25,27);(H,6,7). The van der Waals surface area contributed by atoms with Crippen LogP contribution in [0.1, 0.15) is 50.5 Å². The third kappa shape index (κ3) is 7.43. The summed E-state index contributed by atoms with van der Waals surface area (Å²) in [6, 6.07) is 12.1. The second-order valence-corrected chi connectivity index (χ2v) is 10.9. The van der Waals surface area contributed by atoms with Gasteiger partial charge in [0.15, 0.2) is 0 Å². The molecule has 37 heavy (non-hydrogen) atoms. The molecule has 12 heteroatoms. The van der Waals surface area contributed by atoms with Crippen LogP contribution < -0.4 is 10.0 Å². The minimum absolute atomic E-state index is 0.0627. The average Bonchev–Trinajstić information content (AvgIpc) is 3.65. The van der Waals surface area contributed by atoms with Gasteiger partial charge in [-0.1, -0.05) is 43.5 Å². The summed E-state index contributed by atoms with van der Waals surface area (Å²) in [5, 5.41) is 10.3. The molecule has 0 heterocycles. The van der Waals surface area contributed by atoms with Crippen LogP contribution in [0, 0.1) is 11.7 Å². The molecule has 0 radical (unpaired) electrons. The Morgan fingerprint density at radius 2 is 1.54 bits per heavy atom. The Hall–Kier alpha value is -3.15. The van der Waals surface area contributed by atoms with Crippen molar-refractivity contribution in [3.05, 3.63) is 59.9 Å². The Labute approximate surface area is 212 Å². The van der Waals surface area contributed by atoms with Crippen molar-refractivity contribution < 1.29 is 40.7 Å². The predicted molar refractivity (Wildman–Crippen MR) is 128 cm³/mol. The summed E-state index contributed by atoms with van der Waals surface area (Å²) in [6.45, 7) is 0.737. The van der Waals surface area contributed by atoms with Gasteiger partial charge in [-0.05, 0) is 61.4 Å². The first-order valence-corrected chi connectivity index (χ1v) is 13.3. The number of hydrogen-bond acceptors (Lipinski definition) is 4. The highest BCUT2D eigenvalue weighted by molar-refractivity contribution is 7.92. The van der Waals surface area contributed by atoms with Gasteiger partial charge in [-0.2, -0.15) is 13.2 Å². The molecule has 4 rings (SSSR count). The number of benzene rings is 2. The number of aliphatic carboxylic acids is 1. The van der Waals surface area contributed by atoms with Gasteiger partial charge in [-0.25, -0.2) is 17.6 Å². The van der Waals surface area contributed by atoms with Gasteiger partial charge < -0.3 is 10.4 Å². The zero-order valence-electron chi connectivity index (χ0n) is 19.9. The van der Waals surface area contributed by atoms with Crippen molar-refractivity contribution in [3.63, 3.8) is 0 Å². The van der Waals surface area contributed by atoms with Crippen LogP contribution in [0.25, 0.3) is 0 Å². The lowest BCUT2D eigenvalue weighted by Gasteiger charge is -2.23.